The van der Waals surface area contributed by atoms with Crippen molar-refractivity contribution < 1.29 is 0 Å². The quantitative estimate of drug-likeness (QED) is 0.522. The van der Waals surface area contributed by atoms with Crippen LogP contribution in [0.5, 0.6) is 0 Å². The molecule has 30 heavy (non-hydrogen) atoms. The first-order valence-corrected chi connectivity index (χ1v) is 10.1. The second kappa shape index (κ2) is 7.59. The van der Waals surface area contributed by atoms with Crippen molar-refractivity contribution in [3.8, 4) is 22.5 Å². The topological polar surface area (TPSA) is 57.7 Å². The zero-order valence-electron chi connectivity index (χ0n) is 17.1. The minimum absolute atomic E-state index is 0.774. The largest absolute Gasteiger partial charge is 0.367 e. The second-order valence-electron chi connectivity index (χ2n) is 7.79. The third-order valence-electron chi connectivity index (χ3n) is 5.61. The first-order chi connectivity index (χ1) is 14.7. The molecule has 3 heterocycles. The average Bonchev–Trinajstić information content (AvgIpc) is 3.20. The number of aromatic amines is 1. The van der Waals surface area contributed by atoms with Crippen LogP contribution in [0.2, 0.25) is 0 Å². The molecule has 0 saturated carbocycles. The third kappa shape index (κ3) is 3.62. The molecule has 148 valence electrons. The molecule has 1 aliphatic heterocycles. The van der Waals surface area contributed by atoms with Crippen LogP contribution < -0.4 is 0 Å². The predicted molar refractivity (Wildman–Crippen MR) is 119 cm³/mol. The fourth-order valence-electron chi connectivity index (χ4n) is 3.75. The molecule has 5 nitrogen and oxygen atoms in total. The van der Waals surface area contributed by atoms with Crippen molar-refractivity contribution in [2.45, 2.75) is 26.9 Å². The molecule has 1 aliphatic rings. The minimum atomic E-state index is 0.774. The monoisotopic (exact) mass is 393 g/mol. The molecule has 1 N–H and O–H groups in total. The maximum atomic E-state index is 4.80. The zero-order chi connectivity index (χ0) is 20.5. The Hall–Kier alpha value is -3.73. The maximum Gasteiger partial charge on any atom is 0.138 e. The van der Waals surface area contributed by atoms with Crippen molar-refractivity contribution in [3.63, 3.8) is 0 Å². The average molecular weight is 393 g/mol. The molecule has 0 unspecified atom stereocenters. The highest BCUT2D eigenvalue weighted by atomic mass is 15.1. The lowest BCUT2D eigenvalue weighted by atomic mass is 9.99. The molecule has 0 atom stereocenters. The first kappa shape index (κ1) is 18.3. The molecule has 5 heteroatoms. The normalized spacial score (nSPS) is 12.8. The van der Waals surface area contributed by atoms with Gasteiger partial charge in [0.2, 0.25) is 0 Å². The molecule has 0 fully saturated rings. The molecule has 2 aromatic heterocycles. The van der Waals surface area contributed by atoms with Gasteiger partial charge in [0, 0.05) is 36.3 Å². The van der Waals surface area contributed by atoms with E-state index in [1.54, 1.807) is 6.33 Å². The van der Waals surface area contributed by atoms with Crippen LogP contribution in [0.25, 0.3) is 28.6 Å². The van der Waals surface area contributed by atoms with Crippen molar-refractivity contribution in [2.75, 3.05) is 0 Å². The Morgan fingerprint density at radius 3 is 2.40 bits per heavy atom. The number of fused-ring (bicyclic) bond motifs is 1. The Bertz CT molecular complexity index is 1210. The number of hydrogen-bond donors (Lipinski definition) is 1. The van der Waals surface area contributed by atoms with Crippen molar-refractivity contribution >= 4 is 6.08 Å². The van der Waals surface area contributed by atoms with Crippen molar-refractivity contribution in [3.05, 3.63) is 95.5 Å². The number of imidazole rings is 1. The summed E-state index contributed by atoms with van der Waals surface area (Å²) in [4.78, 5) is 18.7. The highest BCUT2D eigenvalue weighted by molar-refractivity contribution is 5.69. The fraction of sp³-hybridized carbons (Fsp3) is 0.160. The van der Waals surface area contributed by atoms with E-state index in [1.807, 2.05) is 12.4 Å². The minimum Gasteiger partial charge on any atom is -0.367 e. The standard InChI is InChI=1S/C25H23N5/c1-17-3-4-22(11-18(17)2)20-5-7-21(8-6-20)25-28-23-9-10-30(15-24(23)29-25)14-19-12-26-16-27-13-19/h3-13,16H,14-15H2,1-2H3,(H,28,29). The molecule has 0 amide bonds. The van der Waals surface area contributed by atoms with Crippen LogP contribution in [-0.4, -0.2) is 24.8 Å². The molecular weight excluding hydrogens is 370 g/mol. The van der Waals surface area contributed by atoms with Crippen LogP contribution in [0, 0.1) is 13.8 Å². The number of H-pyrrole nitrogens is 1. The molecule has 4 aromatic rings. The van der Waals surface area contributed by atoms with E-state index in [4.69, 9.17) is 4.98 Å². The number of aromatic nitrogens is 4. The smallest absolute Gasteiger partial charge is 0.138 e. The lowest BCUT2D eigenvalue weighted by Crippen LogP contribution is -2.19. The molecule has 2 aromatic carbocycles. The maximum absolute atomic E-state index is 4.80. The summed E-state index contributed by atoms with van der Waals surface area (Å²) in [6, 6.07) is 15.2. The lowest BCUT2D eigenvalue weighted by Gasteiger charge is -2.22. The summed E-state index contributed by atoms with van der Waals surface area (Å²) in [5.74, 6) is 0.904. The van der Waals surface area contributed by atoms with Crippen molar-refractivity contribution in [1.82, 2.24) is 24.8 Å². The van der Waals surface area contributed by atoms with E-state index >= 15 is 0 Å². The summed E-state index contributed by atoms with van der Waals surface area (Å²) in [5, 5.41) is 0. The van der Waals surface area contributed by atoms with Crippen LogP contribution in [0.15, 0.2) is 67.4 Å². The van der Waals surface area contributed by atoms with Gasteiger partial charge < -0.3 is 9.88 Å². The Labute approximate surface area is 176 Å². The summed E-state index contributed by atoms with van der Waals surface area (Å²) >= 11 is 0. The van der Waals surface area contributed by atoms with Crippen LogP contribution in [-0.2, 0) is 13.1 Å². The molecule has 0 radical (unpaired) electrons. The third-order valence-corrected chi connectivity index (χ3v) is 5.61. The number of benzene rings is 2. The number of aryl methyl sites for hydroxylation is 2. The van der Waals surface area contributed by atoms with E-state index in [2.05, 4.69) is 88.4 Å². The van der Waals surface area contributed by atoms with Crippen molar-refractivity contribution in [2.24, 2.45) is 0 Å². The van der Waals surface area contributed by atoms with E-state index in [-0.39, 0.29) is 0 Å². The number of hydrogen-bond acceptors (Lipinski definition) is 4. The highest BCUT2D eigenvalue weighted by Crippen LogP contribution is 2.27. The van der Waals surface area contributed by atoms with E-state index in [1.165, 1.54) is 22.3 Å². The fourth-order valence-corrected chi connectivity index (χ4v) is 3.75. The Balaban J connectivity index is 1.34. The van der Waals surface area contributed by atoms with Gasteiger partial charge in [0.1, 0.15) is 12.2 Å². The summed E-state index contributed by atoms with van der Waals surface area (Å²) in [6.07, 6.45) is 9.41. The summed E-state index contributed by atoms with van der Waals surface area (Å²) in [7, 11) is 0. The SMILES string of the molecule is Cc1ccc(-c2ccc(-c3nc4c([nH]3)CN(Cc3cncnc3)C=C4)cc2)cc1C. The van der Waals surface area contributed by atoms with Crippen LogP contribution >= 0.6 is 0 Å². The van der Waals surface area contributed by atoms with Gasteiger partial charge in [-0.15, -0.1) is 0 Å². The molecule has 0 bridgehead atoms. The summed E-state index contributed by atoms with van der Waals surface area (Å²) < 4.78 is 0. The predicted octanol–water partition coefficient (Wildman–Crippen LogP) is 5.14. The van der Waals surface area contributed by atoms with Gasteiger partial charge in [-0.2, -0.15) is 0 Å². The first-order valence-electron chi connectivity index (χ1n) is 10.1. The number of rotatable bonds is 4. The van der Waals surface area contributed by atoms with Crippen LogP contribution in [0.3, 0.4) is 0 Å². The zero-order valence-corrected chi connectivity index (χ0v) is 17.1. The van der Waals surface area contributed by atoms with Gasteiger partial charge in [0.15, 0.2) is 0 Å². The number of nitrogens with one attached hydrogen (secondary N) is 1. The van der Waals surface area contributed by atoms with Crippen LogP contribution in [0.1, 0.15) is 28.1 Å². The van der Waals surface area contributed by atoms with Gasteiger partial charge in [0.25, 0.3) is 0 Å². The van der Waals surface area contributed by atoms with Gasteiger partial charge in [-0.3, -0.25) is 0 Å². The van der Waals surface area contributed by atoms with E-state index in [9.17, 15) is 0 Å². The van der Waals surface area contributed by atoms with E-state index < -0.39 is 0 Å². The Kier molecular flexibility index (Phi) is 4.64. The summed E-state index contributed by atoms with van der Waals surface area (Å²) in [5.41, 5.74) is 9.40. The van der Waals surface area contributed by atoms with Crippen molar-refractivity contribution in [1.29, 1.82) is 0 Å². The van der Waals surface area contributed by atoms with Crippen LogP contribution in [0.4, 0.5) is 0 Å². The molecule has 0 saturated heterocycles. The Morgan fingerprint density at radius 2 is 1.63 bits per heavy atom. The summed E-state index contributed by atoms with van der Waals surface area (Å²) in [6.45, 7) is 5.86. The lowest BCUT2D eigenvalue weighted by molar-refractivity contribution is 0.354. The highest BCUT2D eigenvalue weighted by Gasteiger charge is 2.16. The van der Waals surface area contributed by atoms with E-state index in [0.717, 1.165) is 41.4 Å². The molecule has 5 rings (SSSR count). The van der Waals surface area contributed by atoms with Gasteiger partial charge in [0.05, 0.1) is 17.9 Å². The number of nitrogens with zero attached hydrogens (tertiary/aromatic N) is 4. The van der Waals surface area contributed by atoms with E-state index in [0.29, 0.717) is 0 Å². The molecular formula is C25H23N5. The van der Waals surface area contributed by atoms with Gasteiger partial charge in [-0.05, 0) is 42.2 Å². The molecule has 0 aliphatic carbocycles. The molecule has 0 spiro atoms. The van der Waals surface area contributed by atoms with Gasteiger partial charge in [-0.1, -0.05) is 42.5 Å². The Morgan fingerprint density at radius 1 is 0.900 bits per heavy atom. The second-order valence-corrected chi connectivity index (χ2v) is 7.79. The van der Waals surface area contributed by atoms with Gasteiger partial charge in [-0.25, -0.2) is 15.0 Å². The van der Waals surface area contributed by atoms with Gasteiger partial charge >= 0.3 is 0 Å².